The number of nitrogens with one attached hydrogen (secondary N) is 3. The molecule has 9 nitrogen and oxygen atoms in total. The van der Waals surface area contributed by atoms with Crippen LogP contribution in [0.25, 0.3) is 0 Å². The van der Waals surface area contributed by atoms with Gasteiger partial charge in [-0.05, 0) is 25.2 Å². The number of aryl methyl sites for hydroxylation is 1. The molecule has 29 heavy (non-hydrogen) atoms. The molecule has 1 aliphatic carbocycles. The third-order valence-corrected chi connectivity index (χ3v) is 6.78. The Bertz CT molecular complexity index is 790. The van der Waals surface area contributed by atoms with Gasteiger partial charge in [0.25, 0.3) is 0 Å². The smallest absolute Gasteiger partial charge is 0.213 e. The lowest BCUT2D eigenvalue weighted by atomic mass is 9.86. The number of rotatable bonds is 8. The molecule has 2 heterocycles. The average Bonchev–Trinajstić information content (AvgIpc) is 3.03. The fourth-order valence-electron chi connectivity index (χ4n) is 3.40. The number of hydrogen-bond acceptors (Lipinski definition) is 5. The molecule has 1 atom stereocenters. The molecular formula is C18H34IN7O2S. The molecule has 0 aromatic carbocycles. The Kier molecular flexibility index (Phi) is 9.14. The third-order valence-electron chi connectivity index (χ3n) is 5.44. The van der Waals surface area contributed by atoms with Gasteiger partial charge in [0.1, 0.15) is 5.82 Å². The molecular weight excluding hydrogens is 505 g/mol. The zero-order chi connectivity index (χ0) is 20.1. The first-order valence-corrected chi connectivity index (χ1v) is 11.9. The number of aliphatic imine (C=N–C) groups is 1. The minimum absolute atomic E-state index is 0. The van der Waals surface area contributed by atoms with Crippen molar-refractivity contribution in [1.29, 1.82) is 0 Å². The maximum absolute atomic E-state index is 12.1. The minimum atomic E-state index is -3.25. The van der Waals surface area contributed by atoms with Crippen LogP contribution in [0.15, 0.2) is 4.99 Å². The van der Waals surface area contributed by atoms with Crippen molar-refractivity contribution in [3.05, 3.63) is 11.6 Å². The fourth-order valence-corrected chi connectivity index (χ4v) is 4.40. The van der Waals surface area contributed by atoms with Crippen molar-refractivity contribution < 1.29 is 8.42 Å². The Morgan fingerprint density at radius 3 is 2.69 bits per heavy atom. The van der Waals surface area contributed by atoms with Gasteiger partial charge >= 0.3 is 0 Å². The van der Waals surface area contributed by atoms with E-state index in [1.807, 2.05) is 4.68 Å². The second-order valence-corrected chi connectivity index (χ2v) is 9.99. The summed E-state index contributed by atoms with van der Waals surface area (Å²) in [5.41, 5.74) is 0. The molecule has 1 saturated carbocycles. The molecule has 2 aliphatic rings. The average molecular weight is 539 g/mol. The maximum atomic E-state index is 12.1. The van der Waals surface area contributed by atoms with Crippen LogP contribution >= 0.6 is 24.0 Å². The van der Waals surface area contributed by atoms with Crippen LogP contribution in [0.2, 0.25) is 0 Å². The highest BCUT2D eigenvalue weighted by Gasteiger charge is 2.23. The van der Waals surface area contributed by atoms with E-state index in [2.05, 4.69) is 44.3 Å². The van der Waals surface area contributed by atoms with Gasteiger partial charge in [0.2, 0.25) is 10.0 Å². The van der Waals surface area contributed by atoms with E-state index >= 15 is 0 Å². The summed E-state index contributed by atoms with van der Waals surface area (Å²) in [7, 11) is -1.56. The van der Waals surface area contributed by atoms with E-state index in [1.54, 1.807) is 7.05 Å². The standard InChI is InChI=1S/C18H33N7O2S.HI/c1-13(2)17-23-16-8-7-15(12-25(16)24-17)22-18(19-3)20-9-10-28(26,27)21-11-14-5-4-6-14;/h13-15,21H,4-12H2,1-3H3,(H2,19,20,22);1H. The molecule has 166 valence electrons. The molecule has 3 N–H and O–H groups in total. The summed E-state index contributed by atoms with van der Waals surface area (Å²) in [5.74, 6) is 3.41. The van der Waals surface area contributed by atoms with Crippen molar-refractivity contribution in [2.75, 3.05) is 25.9 Å². The largest absolute Gasteiger partial charge is 0.355 e. The van der Waals surface area contributed by atoms with E-state index in [0.29, 0.717) is 30.9 Å². The van der Waals surface area contributed by atoms with Crippen LogP contribution in [0.1, 0.15) is 57.1 Å². The number of halogens is 1. The van der Waals surface area contributed by atoms with Crippen molar-refractivity contribution in [2.24, 2.45) is 10.9 Å². The molecule has 1 fully saturated rings. The van der Waals surface area contributed by atoms with E-state index in [9.17, 15) is 8.42 Å². The van der Waals surface area contributed by atoms with E-state index in [1.165, 1.54) is 6.42 Å². The lowest BCUT2D eigenvalue weighted by Gasteiger charge is -2.26. The quantitative estimate of drug-likeness (QED) is 0.260. The summed E-state index contributed by atoms with van der Waals surface area (Å²) in [6.07, 6.45) is 5.29. The highest BCUT2D eigenvalue weighted by molar-refractivity contribution is 14.0. The van der Waals surface area contributed by atoms with Gasteiger partial charge in [0.15, 0.2) is 11.8 Å². The van der Waals surface area contributed by atoms with Gasteiger partial charge in [-0.15, -0.1) is 24.0 Å². The zero-order valence-electron chi connectivity index (χ0n) is 17.5. The molecule has 11 heteroatoms. The Labute approximate surface area is 191 Å². The predicted octanol–water partition coefficient (Wildman–Crippen LogP) is 1.22. The summed E-state index contributed by atoms with van der Waals surface area (Å²) in [6.45, 7) is 5.81. The lowest BCUT2D eigenvalue weighted by Crippen LogP contribution is -2.48. The monoisotopic (exact) mass is 539 g/mol. The van der Waals surface area contributed by atoms with Crippen LogP contribution in [0, 0.1) is 5.92 Å². The number of fused-ring (bicyclic) bond motifs is 1. The van der Waals surface area contributed by atoms with Crippen molar-refractivity contribution in [1.82, 2.24) is 30.1 Å². The van der Waals surface area contributed by atoms with Gasteiger partial charge in [-0.3, -0.25) is 4.99 Å². The van der Waals surface area contributed by atoms with Gasteiger partial charge in [0.05, 0.1) is 12.3 Å². The van der Waals surface area contributed by atoms with Gasteiger partial charge in [-0.25, -0.2) is 22.8 Å². The van der Waals surface area contributed by atoms with Crippen LogP contribution in [0.5, 0.6) is 0 Å². The molecule has 3 rings (SSSR count). The van der Waals surface area contributed by atoms with E-state index in [0.717, 1.165) is 43.9 Å². The van der Waals surface area contributed by atoms with Crippen LogP contribution < -0.4 is 15.4 Å². The fraction of sp³-hybridized carbons (Fsp3) is 0.833. The van der Waals surface area contributed by atoms with Gasteiger partial charge < -0.3 is 10.6 Å². The number of guanidine groups is 1. The third kappa shape index (κ3) is 7.06. The number of nitrogens with zero attached hydrogens (tertiary/aromatic N) is 4. The Hall–Kier alpha value is -0.950. The van der Waals surface area contributed by atoms with Crippen LogP contribution in [0.4, 0.5) is 0 Å². The van der Waals surface area contributed by atoms with Crippen molar-refractivity contribution in [3.8, 4) is 0 Å². The molecule has 1 aliphatic heterocycles. The maximum Gasteiger partial charge on any atom is 0.213 e. The summed E-state index contributed by atoms with van der Waals surface area (Å²) in [4.78, 5) is 8.83. The van der Waals surface area contributed by atoms with Gasteiger partial charge in [-0.2, -0.15) is 5.10 Å². The van der Waals surface area contributed by atoms with Crippen LogP contribution in [0.3, 0.4) is 0 Å². The highest BCUT2D eigenvalue weighted by atomic mass is 127. The molecule has 1 aromatic heterocycles. The van der Waals surface area contributed by atoms with E-state index in [4.69, 9.17) is 0 Å². The molecule has 0 bridgehead atoms. The summed E-state index contributed by atoms with van der Waals surface area (Å²) < 4.78 is 28.9. The SMILES string of the molecule is CN=C(NCCS(=O)(=O)NCC1CCC1)NC1CCc2nc(C(C)C)nn2C1.I. The highest BCUT2D eigenvalue weighted by Crippen LogP contribution is 2.25. The zero-order valence-corrected chi connectivity index (χ0v) is 20.7. The van der Waals surface area contributed by atoms with E-state index < -0.39 is 10.0 Å². The summed E-state index contributed by atoms with van der Waals surface area (Å²) in [6, 6.07) is 0.189. The van der Waals surface area contributed by atoms with Crippen molar-refractivity contribution in [3.63, 3.8) is 0 Å². The van der Waals surface area contributed by atoms with Crippen molar-refractivity contribution >= 4 is 40.0 Å². The molecule has 0 saturated heterocycles. The van der Waals surface area contributed by atoms with Crippen LogP contribution in [-0.2, 0) is 23.0 Å². The van der Waals surface area contributed by atoms with Crippen LogP contribution in [-0.4, -0.2) is 61.1 Å². The normalized spacial score (nSPS) is 20.0. The molecule has 1 unspecified atom stereocenters. The number of aromatic nitrogens is 3. The topological polar surface area (TPSA) is 113 Å². The Morgan fingerprint density at radius 2 is 2.07 bits per heavy atom. The first-order valence-electron chi connectivity index (χ1n) is 10.2. The lowest BCUT2D eigenvalue weighted by molar-refractivity contribution is 0.316. The molecule has 0 radical (unpaired) electrons. The van der Waals surface area contributed by atoms with Gasteiger partial charge in [0, 0.05) is 38.5 Å². The van der Waals surface area contributed by atoms with E-state index in [-0.39, 0.29) is 35.8 Å². The summed E-state index contributed by atoms with van der Waals surface area (Å²) >= 11 is 0. The first kappa shape index (κ1) is 24.3. The Balaban J connectivity index is 0.00000300. The number of sulfonamides is 1. The molecule has 0 spiro atoms. The predicted molar refractivity (Wildman–Crippen MR) is 125 cm³/mol. The second-order valence-electron chi connectivity index (χ2n) is 8.07. The second kappa shape index (κ2) is 10.9. The minimum Gasteiger partial charge on any atom is -0.355 e. The summed E-state index contributed by atoms with van der Waals surface area (Å²) in [5, 5.41) is 11.1. The molecule has 1 aromatic rings. The molecule has 0 amide bonds. The van der Waals surface area contributed by atoms with Gasteiger partial charge in [-0.1, -0.05) is 20.3 Å². The Morgan fingerprint density at radius 1 is 1.31 bits per heavy atom. The van der Waals surface area contributed by atoms with Crippen molar-refractivity contribution in [2.45, 2.75) is 64.5 Å². The number of hydrogen-bond donors (Lipinski definition) is 3. The first-order chi connectivity index (χ1) is 13.4.